The molecule has 0 aliphatic heterocycles. The van der Waals surface area contributed by atoms with Crippen LogP contribution in [0.5, 0.6) is 0 Å². The zero-order valence-corrected chi connectivity index (χ0v) is 8.29. The van der Waals surface area contributed by atoms with Crippen molar-refractivity contribution in [3.05, 3.63) is 35.9 Å². The van der Waals surface area contributed by atoms with Crippen LogP contribution >= 0.6 is 0 Å². The van der Waals surface area contributed by atoms with Crippen LogP contribution in [0.1, 0.15) is 25.8 Å². The molecule has 0 radical (unpaired) electrons. The van der Waals surface area contributed by atoms with E-state index in [4.69, 9.17) is 0 Å². The van der Waals surface area contributed by atoms with Gasteiger partial charge in [0.15, 0.2) is 0 Å². The van der Waals surface area contributed by atoms with Crippen LogP contribution in [0, 0.1) is 5.92 Å². The van der Waals surface area contributed by atoms with Gasteiger partial charge in [0, 0.05) is 12.3 Å². The first-order valence-electron chi connectivity index (χ1n) is 4.80. The van der Waals surface area contributed by atoms with Gasteiger partial charge in [0.25, 0.3) is 0 Å². The fraction of sp³-hybridized carbons (Fsp3) is 0.417. The van der Waals surface area contributed by atoms with Crippen LogP contribution in [0.15, 0.2) is 30.3 Å². The number of ketones is 1. The van der Waals surface area contributed by atoms with Crippen molar-refractivity contribution in [3.8, 4) is 0 Å². The lowest BCUT2D eigenvalue weighted by atomic mass is 9.96. The molecule has 0 heterocycles. The average molecular weight is 176 g/mol. The second kappa shape index (κ2) is 4.80. The van der Waals surface area contributed by atoms with Gasteiger partial charge < -0.3 is 0 Å². The minimum absolute atomic E-state index is 0.160. The van der Waals surface area contributed by atoms with E-state index in [1.54, 1.807) is 0 Å². The number of hydrogen-bond acceptors (Lipinski definition) is 1. The molecule has 0 spiro atoms. The molecule has 1 rings (SSSR count). The molecule has 0 aliphatic rings. The molecular weight excluding hydrogens is 160 g/mol. The van der Waals surface area contributed by atoms with E-state index in [1.807, 2.05) is 32.0 Å². The zero-order valence-electron chi connectivity index (χ0n) is 8.29. The molecule has 1 aromatic rings. The Kier molecular flexibility index (Phi) is 3.69. The number of benzene rings is 1. The average Bonchev–Trinajstić information content (AvgIpc) is 2.18. The van der Waals surface area contributed by atoms with Crippen molar-refractivity contribution in [2.45, 2.75) is 26.7 Å². The molecule has 0 saturated heterocycles. The fourth-order valence-electron chi connectivity index (χ4n) is 1.43. The maximum absolute atomic E-state index is 11.3. The van der Waals surface area contributed by atoms with Crippen LogP contribution in [-0.2, 0) is 11.2 Å². The molecule has 0 aromatic heterocycles. The Morgan fingerprint density at radius 3 is 2.46 bits per heavy atom. The highest BCUT2D eigenvalue weighted by Gasteiger charge is 2.10. The van der Waals surface area contributed by atoms with Crippen LogP contribution in [0.2, 0.25) is 0 Å². The van der Waals surface area contributed by atoms with Crippen molar-refractivity contribution in [3.63, 3.8) is 0 Å². The van der Waals surface area contributed by atoms with E-state index in [1.165, 1.54) is 5.56 Å². The normalized spacial score (nSPS) is 12.5. The van der Waals surface area contributed by atoms with Crippen molar-refractivity contribution in [2.75, 3.05) is 0 Å². The van der Waals surface area contributed by atoms with Crippen molar-refractivity contribution in [1.82, 2.24) is 0 Å². The summed E-state index contributed by atoms with van der Waals surface area (Å²) in [4.78, 5) is 11.3. The van der Waals surface area contributed by atoms with Gasteiger partial charge in [0.05, 0.1) is 0 Å². The van der Waals surface area contributed by atoms with Crippen LogP contribution in [-0.4, -0.2) is 5.78 Å². The highest BCUT2D eigenvalue weighted by Crippen LogP contribution is 2.10. The predicted molar refractivity (Wildman–Crippen MR) is 54.6 cm³/mol. The molecule has 0 aliphatic carbocycles. The zero-order chi connectivity index (χ0) is 9.68. The topological polar surface area (TPSA) is 17.1 Å². The SMILES string of the molecule is CCC(=O)[C@@H](C)Cc1ccccc1. The molecule has 1 nitrogen and oxygen atoms in total. The Bertz CT molecular complexity index is 264. The van der Waals surface area contributed by atoms with Gasteiger partial charge >= 0.3 is 0 Å². The number of hydrogen-bond donors (Lipinski definition) is 0. The second-order valence-corrected chi connectivity index (χ2v) is 3.41. The van der Waals surface area contributed by atoms with E-state index in [-0.39, 0.29) is 5.92 Å². The summed E-state index contributed by atoms with van der Waals surface area (Å²) >= 11 is 0. The summed E-state index contributed by atoms with van der Waals surface area (Å²) in [5.41, 5.74) is 1.25. The Labute approximate surface area is 79.8 Å². The van der Waals surface area contributed by atoms with E-state index < -0.39 is 0 Å². The molecule has 70 valence electrons. The molecule has 1 heteroatoms. The van der Waals surface area contributed by atoms with Gasteiger partial charge in [-0.3, -0.25) is 4.79 Å². The lowest BCUT2D eigenvalue weighted by Crippen LogP contribution is -2.12. The number of carbonyl (C=O) groups is 1. The Hall–Kier alpha value is -1.11. The van der Waals surface area contributed by atoms with Gasteiger partial charge in [-0.15, -0.1) is 0 Å². The highest BCUT2D eigenvalue weighted by molar-refractivity contribution is 5.80. The number of rotatable bonds is 4. The molecule has 1 atom stereocenters. The predicted octanol–water partition coefficient (Wildman–Crippen LogP) is 2.84. The maximum Gasteiger partial charge on any atom is 0.135 e. The summed E-state index contributed by atoms with van der Waals surface area (Å²) in [5, 5.41) is 0. The maximum atomic E-state index is 11.3. The third kappa shape index (κ3) is 3.02. The molecule has 0 amide bonds. The smallest absolute Gasteiger partial charge is 0.135 e. The van der Waals surface area contributed by atoms with Crippen molar-refractivity contribution in [2.24, 2.45) is 5.92 Å². The summed E-state index contributed by atoms with van der Waals surface area (Å²) in [7, 11) is 0. The van der Waals surface area contributed by atoms with Crippen molar-refractivity contribution >= 4 is 5.78 Å². The van der Waals surface area contributed by atoms with Crippen LogP contribution in [0.4, 0.5) is 0 Å². The van der Waals surface area contributed by atoms with Crippen molar-refractivity contribution < 1.29 is 4.79 Å². The lowest BCUT2D eigenvalue weighted by molar-refractivity contribution is -0.122. The van der Waals surface area contributed by atoms with Gasteiger partial charge in [0.1, 0.15) is 5.78 Å². The van der Waals surface area contributed by atoms with E-state index in [0.29, 0.717) is 12.2 Å². The molecule has 13 heavy (non-hydrogen) atoms. The quantitative estimate of drug-likeness (QED) is 0.689. The molecule has 1 aromatic carbocycles. The largest absolute Gasteiger partial charge is 0.299 e. The molecular formula is C12H16O. The Morgan fingerprint density at radius 2 is 1.92 bits per heavy atom. The Morgan fingerprint density at radius 1 is 1.31 bits per heavy atom. The van der Waals surface area contributed by atoms with Gasteiger partial charge in [-0.1, -0.05) is 44.2 Å². The summed E-state index contributed by atoms with van der Waals surface area (Å²) < 4.78 is 0. The lowest BCUT2D eigenvalue weighted by Gasteiger charge is -2.08. The van der Waals surface area contributed by atoms with Gasteiger partial charge in [-0.25, -0.2) is 0 Å². The first kappa shape index (κ1) is 9.97. The van der Waals surface area contributed by atoms with Gasteiger partial charge in [-0.05, 0) is 12.0 Å². The van der Waals surface area contributed by atoms with E-state index >= 15 is 0 Å². The van der Waals surface area contributed by atoms with Gasteiger partial charge in [-0.2, -0.15) is 0 Å². The molecule has 0 fully saturated rings. The third-order valence-corrected chi connectivity index (χ3v) is 2.28. The first-order valence-corrected chi connectivity index (χ1v) is 4.80. The molecule has 0 saturated carbocycles. The molecule has 0 bridgehead atoms. The monoisotopic (exact) mass is 176 g/mol. The van der Waals surface area contributed by atoms with E-state index in [0.717, 1.165) is 6.42 Å². The second-order valence-electron chi connectivity index (χ2n) is 3.41. The molecule has 0 unspecified atom stereocenters. The fourth-order valence-corrected chi connectivity index (χ4v) is 1.43. The van der Waals surface area contributed by atoms with Crippen LogP contribution in [0.25, 0.3) is 0 Å². The summed E-state index contributed by atoms with van der Waals surface area (Å²) in [6.07, 6.45) is 1.52. The van der Waals surface area contributed by atoms with Crippen molar-refractivity contribution in [1.29, 1.82) is 0 Å². The van der Waals surface area contributed by atoms with E-state index in [9.17, 15) is 4.79 Å². The summed E-state index contributed by atoms with van der Waals surface area (Å²) in [6, 6.07) is 10.2. The summed E-state index contributed by atoms with van der Waals surface area (Å²) in [6.45, 7) is 3.92. The first-order chi connectivity index (χ1) is 6.24. The van der Waals surface area contributed by atoms with Crippen LogP contribution < -0.4 is 0 Å². The Balaban J connectivity index is 2.55. The minimum atomic E-state index is 0.160. The minimum Gasteiger partial charge on any atom is -0.299 e. The molecule has 0 N–H and O–H groups in total. The van der Waals surface area contributed by atoms with Crippen LogP contribution in [0.3, 0.4) is 0 Å². The standard InChI is InChI=1S/C12H16O/c1-3-12(13)10(2)9-11-7-5-4-6-8-11/h4-8,10H,3,9H2,1-2H3/t10-/m0/s1. The number of carbonyl (C=O) groups excluding carboxylic acids is 1. The summed E-state index contributed by atoms with van der Waals surface area (Å²) in [5.74, 6) is 0.510. The number of Topliss-reactive ketones (excluding diaryl/α,β-unsaturated/α-hetero) is 1. The van der Waals surface area contributed by atoms with Gasteiger partial charge in [0.2, 0.25) is 0 Å². The highest BCUT2D eigenvalue weighted by atomic mass is 16.1. The van der Waals surface area contributed by atoms with E-state index in [2.05, 4.69) is 12.1 Å². The third-order valence-electron chi connectivity index (χ3n) is 2.28.